The highest BCUT2D eigenvalue weighted by Crippen LogP contribution is 2.07. The molecule has 0 radical (unpaired) electrons. The Morgan fingerprint density at radius 1 is 1.00 bits per heavy atom. The Kier molecular flexibility index (Phi) is 5.59. The van der Waals surface area contributed by atoms with Gasteiger partial charge in [-0.05, 0) is 19.3 Å². The van der Waals surface area contributed by atoms with Gasteiger partial charge < -0.3 is 11.5 Å². The number of hydrogen-bond acceptors (Lipinski definition) is 2. The van der Waals surface area contributed by atoms with E-state index in [0.29, 0.717) is 18.4 Å². The molecule has 4 heteroatoms. The summed E-state index contributed by atoms with van der Waals surface area (Å²) in [6, 6.07) is 0. The zero-order valence-electron chi connectivity index (χ0n) is 7.71. The Hall–Kier alpha value is -1.32. The van der Waals surface area contributed by atoms with E-state index in [-0.39, 0.29) is 5.91 Å². The summed E-state index contributed by atoms with van der Waals surface area (Å²) in [4.78, 5) is 20.9. The first-order chi connectivity index (χ1) is 6.04. The highest BCUT2D eigenvalue weighted by atomic mass is 16.1. The molecule has 4 N–H and O–H groups in total. The Bertz CT molecular complexity index is 212. The topological polar surface area (TPSA) is 86.2 Å². The van der Waals surface area contributed by atoms with E-state index >= 15 is 0 Å². The second-order valence-electron chi connectivity index (χ2n) is 2.99. The van der Waals surface area contributed by atoms with E-state index in [2.05, 4.69) is 6.58 Å². The van der Waals surface area contributed by atoms with Crippen molar-refractivity contribution in [2.24, 2.45) is 11.5 Å². The summed E-state index contributed by atoms with van der Waals surface area (Å²) in [7, 11) is 0. The molecule has 0 aliphatic heterocycles. The zero-order chi connectivity index (χ0) is 10.3. The molecule has 0 aliphatic carbocycles. The second kappa shape index (κ2) is 6.22. The van der Waals surface area contributed by atoms with Crippen LogP contribution in [0.2, 0.25) is 0 Å². The normalized spacial score (nSPS) is 9.54. The number of carbonyl (C=O) groups excluding carboxylic acids is 2. The average Bonchev–Trinajstić information content (AvgIpc) is 2.02. The molecule has 0 unspecified atom stereocenters. The molecule has 0 fully saturated rings. The standard InChI is InChI=1S/C9H16N2O2/c1-7(9(11)13)5-3-2-4-6-8(10)12/h1-6H2,(H2,10,12)(H2,11,13). The first-order valence-electron chi connectivity index (χ1n) is 4.30. The third kappa shape index (κ3) is 7.05. The van der Waals surface area contributed by atoms with Crippen LogP contribution in [0, 0.1) is 0 Å². The van der Waals surface area contributed by atoms with Crippen LogP contribution in [0.1, 0.15) is 32.1 Å². The molecule has 0 aromatic rings. The third-order valence-corrected chi connectivity index (χ3v) is 1.75. The fourth-order valence-electron chi connectivity index (χ4n) is 0.938. The molecule has 0 aromatic heterocycles. The Morgan fingerprint density at radius 3 is 2.00 bits per heavy atom. The predicted molar refractivity (Wildman–Crippen MR) is 50.6 cm³/mol. The predicted octanol–water partition coefficient (Wildman–Crippen LogP) is 0.464. The van der Waals surface area contributed by atoms with Crippen molar-refractivity contribution in [2.45, 2.75) is 32.1 Å². The first kappa shape index (κ1) is 11.7. The lowest BCUT2D eigenvalue weighted by Gasteiger charge is -2.00. The molecule has 0 saturated carbocycles. The summed E-state index contributed by atoms with van der Waals surface area (Å²) >= 11 is 0. The van der Waals surface area contributed by atoms with Gasteiger partial charge in [-0.3, -0.25) is 9.59 Å². The van der Waals surface area contributed by atoms with Crippen LogP contribution in [0.15, 0.2) is 12.2 Å². The summed E-state index contributed by atoms with van der Waals surface area (Å²) in [6.07, 6.45) is 3.48. The summed E-state index contributed by atoms with van der Waals surface area (Å²) in [5.41, 5.74) is 10.4. The van der Waals surface area contributed by atoms with E-state index in [9.17, 15) is 9.59 Å². The lowest BCUT2D eigenvalue weighted by atomic mass is 10.1. The number of primary amides is 2. The maximum absolute atomic E-state index is 10.5. The van der Waals surface area contributed by atoms with Gasteiger partial charge in [-0.15, -0.1) is 0 Å². The van der Waals surface area contributed by atoms with E-state index in [1.165, 1.54) is 0 Å². The van der Waals surface area contributed by atoms with Crippen LogP contribution in [-0.2, 0) is 9.59 Å². The minimum Gasteiger partial charge on any atom is -0.370 e. The molecule has 0 rings (SSSR count). The maximum atomic E-state index is 10.5. The fourth-order valence-corrected chi connectivity index (χ4v) is 0.938. The van der Waals surface area contributed by atoms with Crippen molar-refractivity contribution in [3.05, 3.63) is 12.2 Å². The Morgan fingerprint density at radius 2 is 1.54 bits per heavy atom. The van der Waals surface area contributed by atoms with Crippen molar-refractivity contribution in [3.63, 3.8) is 0 Å². The minimum absolute atomic E-state index is 0.284. The highest BCUT2D eigenvalue weighted by molar-refractivity contribution is 5.91. The van der Waals surface area contributed by atoms with Gasteiger partial charge >= 0.3 is 0 Å². The molecule has 2 amide bonds. The monoisotopic (exact) mass is 184 g/mol. The molecule has 0 saturated heterocycles. The quantitative estimate of drug-likeness (QED) is 0.445. The van der Waals surface area contributed by atoms with Gasteiger partial charge in [0.1, 0.15) is 0 Å². The first-order valence-corrected chi connectivity index (χ1v) is 4.30. The molecular weight excluding hydrogens is 168 g/mol. The lowest BCUT2D eigenvalue weighted by Crippen LogP contribution is -2.13. The Balaban J connectivity index is 3.31. The van der Waals surface area contributed by atoms with Crippen molar-refractivity contribution in [1.82, 2.24) is 0 Å². The molecule has 74 valence electrons. The van der Waals surface area contributed by atoms with E-state index in [4.69, 9.17) is 11.5 Å². The Labute approximate surface area is 78.0 Å². The largest absolute Gasteiger partial charge is 0.370 e. The third-order valence-electron chi connectivity index (χ3n) is 1.75. The smallest absolute Gasteiger partial charge is 0.244 e. The van der Waals surface area contributed by atoms with Crippen molar-refractivity contribution in [3.8, 4) is 0 Å². The van der Waals surface area contributed by atoms with Crippen LogP contribution >= 0.6 is 0 Å². The molecule has 0 spiro atoms. The van der Waals surface area contributed by atoms with E-state index < -0.39 is 5.91 Å². The van der Waals surface area contributed by atoms with Gasteiger partial charge in [0.2, 0.25) is 11.8 Å². The summed E-state index contributed by atoms with van der Waals surface area (Å²) in [6.45, 7) is 3.52. The molecule has 4 nitrogen and oxygen atoms in total. The van der Waals surface area contributed by atoms with Crippen LogP contribution in [0.5, 0.6) is 0 Å². The van der Waals surface area contributed by atoms with Crippen LogP contribution in [0.25, 0.3) is 0 Å². The molecule has 0 aliphatic rings. The van der Waals surface area contributed by atoms with E-state index in [1.807, 2.05) is 0 Å². The van der Waals surface area contributed by atoms with Crippen LogP contribution in [-0.4, -0.2) is 11.8 Å². The van der Waals surface area contributed by atoms with Gasteiger partial charge in [-0.1, -0.05) is 13.0 Å². The van der Waals surface area contributed by atoms with Crippen molar-refractivity contribution >= 4 is 11.8 Å². The number of amides is 2. The van der Waals surface area contributed by atoms with Crippen molar-refractivity contribution in [2.75, 3.05) is 0 Å². The van der Waals surface area contributed by atoms with Crippen molar-refractivity contribution < 1.29 is 9.59 Å². The second-order valence-corrected chi connectivity index (χ2v) is 2.99. The molecule has 0 heterocycles. The van der Waals surface area contributed by atoms with Crippen LogP contribution in [0.4, 0.5) is 0 Å². The minimum atomic E-state index is -0.449. The van der Waals surface area contributed by atoms with Gasteiger partial charge in [0.15, 0.2) is 0 Å². The molecular formula is C9H16N2O2. The summed E-state index contributed by atoms with van der Waals surface area (Å²) < 4.78 is 0. The van der Waals surface area contributed by atoms with E-state index in [0.717, 1.165) is 19.3 Å². The number of nitrogens with two attached hydrogens (primary N) is 2. The molecule has 0 atom stereocenters. The SMILES string of the molecule is C=C(CCCCCC(N)=O)C(N)=O. The average molecular weight is 184 g/mol. The maximum Gasteiger partial charge on any atom is 0.244 e. The lowest BCUT2D eigenvalue weighted by molar-refractivity contribution is -0.118. The molecule has 0 bridgehead atoms. The highest BCUT2D eigenvalue weighted by Gasteiger charge is 2.01. The summed E-state index contributed by atoms with van der Waals surface area (Å²) in [5, 5.41) is 0. The summed E-state index contributed by atoms with van der Waals surface area (Å²) in [5.74, 6) is -0.733. The van der Waals surface area contributed by atoms with Gasteiger partial charge in [0.05, 0.1) is 0 Å². The van der Waals surface area contributed by atoms with E-state index in [1.54, 1.807) is 0 Å². The fraction of sp³-hybridized carbons (Fsp3) is 0.556. The van der Waals surface area contributed by atoms with Crippen LogP contribution in [0.3, 0.4) is 0 Å². The van der Waals surface area contributed by atoms with Gasteiger partial charge in [-0.25, -0.2) is 0 Å². The number of rotatable bonds is 7. The number of unbranched alkanes of at least 4 members (excludes halogenated alkanes) is 2. The van der Waals surface area contributed by atoms with Gasteiger partial charge in [0, 0.05) is 12.0 Å². The molecule has 13 heavy (non-hydrogen) atoms. The van der Waals surface area contributed by atoms with Gasteiger partial charge in [-0.2, -0.15) is 0 Å². The van der Waals surface area contributed by atoms with Crippen molar-refractivity contribution in [1.29, 1.82) is 0 Å². The van der Waals surface area contributed by atoms with Gasteiger partial charge in [0.25, 0.3) is 0 Å². The number of carbonyl (C=O) groups is 2. The molecule has 0 aromatic carbocycles. The van der Waals surface area contributed by atoms with Crippen LogP contribution < -0.4 is 11.5 Å². The zero-order valence-corrected chi connectivity index (χ0v) is 7.71. The number of hydrogen-bond donors (Lipinski definition) is 2.